The van der Waals surface area contributed by atoms with Crippen LogP contribution in [0.25, 0.3) is 11.4 Å². The molecule has 0 spiro atoms. The Morgan fingerprint density at radius 2 is 2.42 bits per heavy atom. The van der Waals surface area contributed by atoms with Crippen molar-refractivity contribution in [3.05, 3.63) is 18.3 Å². The summed E-state index contributed by atoms with van der Waals surface area (Å²) < 4.78 is 7.26. The first-order valence-electron chi connectivity index (χ1n) is 6.77. The van der Waals surface area contributed by atoms with E-state index in [1.807, 2.05) is 13.2 Å². The van der Waals surface area contributed by atoms with Crippen LogP contribution in [-0.2, 0) is 12.5 Å². The molecule has 0 bridgehead atoms. The molecule has 0 radical (unpaired) electrons. The lowest BCUT2D eigenvalue weighted by atomic mass is 9.78. The highest BCUT2D eigenvalue weighted by Crippen LogP contribution is 2.34. The average molecular weight is 261 g/mol. The van der Waals surface area contributed by atoms with Crippen molar-refractivity contribution >= 4 is 0 Å². The highest BCUT2D eigenvalue weighted by molar-refractivity contribution is 5.51. The van der Waals surface area contributed by atoms with Gasteiger partial charge in [-0.2, -0.15) is 10.1 Å². The van der Waals surface area contributed by atoms with E-state index >= 15 is 0 Å². The Morgan fingerprint density at radius 3 is 3.05 bits per heavy atom. The second kappa shape index (κ2) is 4.77. The first-order valence-corrected chi connectivity index (χ1v) is 6.77. The third kappa shape index (κ3) is 2.16. The molecule has 6 heteroatoms. The van der Waals surface area contributed by atoms with Crippen LogP contribution in [0.1, 0.15) is 32.1 Å². The second-order valence-corrected chi connectivity index (χ2v) is 5.24. The van der Waals surface area contributed by atoms with Crippen molar-refractivity contribution in [2.75, 3.05) is 13.1 Å². The van der Waals surface area contributed by atoms with Gasteiger partial charge in [0.05, 0.1) is 17.2 Å². The summed E-state index contributed by atoms with van der Waals surface area (Å²) in [6.45, 7) is 4.17. The van der Waals surface area contributed by atoms with E-state index in [2.05, 4.69) is 27.5 Å². The Bertz CT molecular complexity index is 553. The molecule has 102 valence electrons. The Hall–Kier alpha value is -1.69. The number of rotatable bonds is 3. The highest BCUT2D eigenvalue weighted by atomic mass is 16.5. The number of aromatic nitrogens is 4. The van der Waals surface area contributed by atoms with Gasteiger partial charge >= 0.3 is 0 Å². The normalized spacial score (nSPS) is 23.7. The summed E-state index contributed by atoms with van der Waals surface area (Å²) in [6, 6.07) is 0. The van der Waals surface area contributed by atoms with Crippen molar-refractivity contribution < 1.29 is 4.52 Å². The number of piperidine rings is 1. The third-order valence-electron chi connectivity index (χ3n) is 3.99. The largest absolute Gasteiger partial charge is 0.338 e. The maximum absolute atomic E-state index is 5.52. The fourth-order valence-electron chi connectivity index (χ4n) is 2.70. The molecule has 6 nitrogen and oxygen atoms in total. The quantitative estimate of drug-likeness (QED) is 0.906. The summed E-state index contributed by atoms with van der Waals surface area (Å²) in [6.07, 6.45) is 6.91. The van der Waals surface area contributed by atoms with Crippen molar-refractivity contribution in [2.24, 2.45) is 7.05 Å². The Balaban J connectivity index is 1.91. The van der Waals surface area contributed by atoms with Gasteiger partial charge in [0.2, 0.25) is 11.7 Å². The van der Waals surface area contributed by atoms with Crippen molar-refractivity contribution in [3.8, 4) is 11.4 Å². The van der Waals surface area contributed by atoms with Crippen LogP contribution >= 0.6 is 0 Å². The fourth-order valence-corrected chi connectivity index (χ4v) is 2.70. The van der Waals surface area contributed by atoms with Crippen molar-refractivity contribution in [3.63, 3.8) is 0 Å². The summed E-state index contributed by atoms with van der Waals surface area (Å²) in [5.74, 6) is 1.38. The smallest absolute Gasteiger partial charge is 0.234 e. The summed E-state index contributed by atoms with van der Waals surface area (Å²) in [5.41, 5.74) is 0.888. The van der Waals surface area contributed by atoms with Crippen LogP contribution in [0, 0.1) is 0 Å². The Kier molecular flexibility index (Phi) is 3.10. The SMILES string of the molecule is CCC1(c2nc(-c3cnn(C)c3)no2)CCCNC1. The summed E-state index contributed by atoms with van der Waals surface area (Å²) in [5, 5.41) is 11.7. The molecule has 2 aromatic heterocycles. The van der Waals surface area contributed by atoms with E-state index in [9.17, 15) is 0 Å². The Morgan fingerprint density at radius 1 is 1.53 bits per heavy atom. The first kappa shape index (κ1) is 12.3. The molecular weight excluding hydrogens is 242 g/mol. The minimum Gasteiger partial charge on any atom is -0.338 e. The molecule has 0 aromatic carbocycles. The van der Waals surface area contributed by atoms with Crippen LogP contribution in [0.15, 0.2) is 16.9 Å². The van der Waals surface area contributed by atoms with E-state index in [0.29, 0.717) is 5.82 Å². The molecular formula is C13H19N5O. The number of aryl methyl sites for hydroxylation is 1. The minimum absolute atomic E-state index is 0.00823. The standard InChI is InChI=1S/C13H19N5O/c1-3-13(5-4-6-14-9-13)12-16-11(17-19-12)10-7-15-18(2)8-10/h7-8,14H,3-6,9H2,1-2H3. The number of nitrogens with zero attached hydrogens (tertiary/aromatic N) is 4. The van der Waals surface area contributed by atoms with Crippen molar-refractivity contribution in [2.45, 2.75) is 31.6 Å². The van der Waals surface area contributed by atoms with Crippen LogP contribution in [0.2, 0.25) is 0 Å². The van der Waals surface area contributed by atoms with Gasteiger partial charge in [-0.15, -0.1) is 0 Å². The molecule has 3 heterocycles. The molecule has 1 saturated heterocycles. The lowest BCUT2D eigenvalue weighted by Gasteiger charge is -2.33. The molecule has 0 saturated carbocycles. The molecule has 19 heavy (non-hydrogen) atoms. The second-order valence-electron chi connectivity index (χ2n) is 5.24. The van der Waals surface area contributed by atoms with Gasteiger partial charge in [0, 0.05) is 19.8 Å². The first-order chi connectivity index (χ1) is 9.23. The molecule has 1 fully saturated rings. The monoisotopic (exact) mass is 261 g/mol. The van der Waals surface area contributed by atoms with Crippen LogP contribution in [0.4, 0.5) is 0 Å². The van der Waals surface area contributed by atoms with E-state index in [4.69, 9.17) is 4.52 Å². The van der Waals surface area contributed by atoms with Crippen LogP contribution in [0.3, 0.4) is 0 Å². The molecule has 1 unspecified atom stereocenters. The zero-order valence-electron chi connectivity index (χ0n) is 11.4. The molecule has 2 aromatic rings. The average Bonchev–Trinajstić information content (AvgIpc) is 3.08. The maximum atomic E-state index is 5.52. The summed E-state index contributed by atoms with van der Waals surface area (Å²) >= 11 is 0. The lowest BCUT2D eigenvalue weighted by molar-refractivity contribution is 0.221. The molecule has 1 aliphatic rings. The van der Waals surface area contributed by atoms with Gasteiger partial charge in [0.25, 0.3) is 0 Å². The van der Waals surface area contributed by atoms with Crippen molar-refractivity contribution in [1.82, 2.24) is 25.2 Å². The molecule has 3 rings (SSSR count). The third-order valence-corrected chi connectivity index (χ3v) is 3.99. The van der Waals surface area contributed by atoms with E-state index in [-0.39, 0.29) is 5.41 Å². The van der Waals surface area contributed by atoms with Gasteiger partial charge in [0.1, 0.15) is 0 Å². The molecule has 1 N–H and O–H groups in total. The van der Waals surface area contributed by atoms with Crippen LogP contribution < -0.4 is 5.32 Å². The zero-order chi connectivity index (χ0) is 13.3. The van der Waals surface area contributed by atoms with Crippen LogP contribution in [0.5, 0.6) is 0 Å². The Labute approximate surface area is 112 Å². The van der Waals surface area contributed by atoms with Gasteiger partial charge in [-0.05, 0) is 25.8 Å². The molecule has 1 atom stereocenters. The predicted octanol–water partition coefficient (Wildman–Crippen LogP) is 1.50. The number of hydrogen-bond acceptors (Lipinski definition) is 5. The zero-order valence-corrected chi connectivity index (χ0v) is 11.4. The van der Waals surface area contributed by atoms with Crippen molar-refractivity contribution in [1.29, 1.82) is 0 Å². The highest BCUT2D eigenvalue weighted by Gasteiger charge is 2.37. The molecule has 1 aliphatic heterocycles. The summed E-state index contributed by atoms with van der Waals surface area (Å²) in [7, 11) is 1.88. The summed E-state index contributed by atoms with van der Waals surface area (Å²) in [4.78, 5) is 4.59. The van der Waals surface area contributed by atoms with E-state index in [0.717, 1.165) is 43.8 Å². The number of nitrogens with one attached hydrogen (secondary N) is 1. The van der Waals surface area contributed by atoms with Gasteiger partial charge in [-0.1, -0.05) is 12.1 Å². The van der Waals surface area contributed by atoms with Gasteiger partial charge in [-0.25, -0.2) is 0 Å². The lowest BCUT2D eigenvalue weighted by Crippen LogP contribution is -2.43. The molecule has 0 amide bonds. The topological polar surface area (TPSA) is 68.8 Å². The maximum Gasteiger partial charge on any atom is 0.234 e. The van der Waals surface area contributed by atoms with Gasteiger partial charge < -0.3 is 9.84 Å². The number of hydrogen-bond donors (Lipinski definition) is 1. The van der Waals surface area contributed by atoms with Crippen LogP contribution in [-0.4, -0.2) is 33.0 Å². The fraction of sp³-hybridized carbons (Fsp3) is 0.615. The molecule has 0 aliphatic carbocycles. The predicted molar refractivity (Wildman–Crippen MR) is 70.6 cm³/mol. The van der Waals surface area contributed by atoms with Gasteiger partial charge in [-0.3, -0.25) is 4.68 Å². The van der Waals surface area contributed by atoms with E-state index in [1.54, 1.807) is 10.9 Å². The van der Waals surface area contributed by atoms with E-state index in [1.165, 1.54) is 0 Å². The minimum atomic E-state index is -0.00823. The van der Waals surface area contributed by atoms with Gasteiger partial charge in [0.15, 0.2) is 0 Å². The van der Waals surface area contributed by atoms with E-state index < -0.39 is 0 Å².